The van der Waals surface area contributed by atoms with Crippen LogP contribution in [0.15, 0.2) is 16.7 Å². The quantitative estimate of drug-likeness (QED) is 0.797. The summed E-state index contributed by atoms with van der Waals surface area (Å²) in [6.45, 7) is 0. The number of nitrogen functional groups attached to an aromatic ring is 1. The van der Waals surface area contributed by atoms with Crippen LogP contribution in [0.5, 0.6) is 0 Å². The van der Waals surface area contributed by atoms with Crippen molar-refractivity contribution >= 4 is 27.7 Å². The molecule has 1 heterocycles. The van der Waals surface area contributed by atoms with Crippen molar-refractivity contribution in [2.24, 2.45) is 0 Å². The van der Waals surface area contributed by atoms with Gasteiger partial charge in [0, 0.05) is 10.7 Å². The number of carboxylic acid groups (broad SMARTS) is 1. The minimum absolute atomic E-state index is 0.0478. The van der Waals surface area contributed by atoms with Gasteiger partial charge in [0.2, 0.25) is 0 Å². The molecular formula is C7H7BrN2O2. The summed E-state index contributed by atoms with van der Waals surface area (Å²) in [6, 6.07) is 1.58. The van der Waals surface area contributed by atoms with Crippen molar-refractivity contribution in [2.75, 3.05) is 5.73 Å². The lowest BCUT2D eigenvalue weighted by molar-refractivity contribution is -0.136. The number of aliphatic carboxylic acids is 1. The Morgan fingerprint density at radius 1 is 1.75 bits per heavy atom. The Labute approximate surface area is 77.5 Å². The largest absolute Gasteiger partial charge is 0.481 e. The summed E-state index contributed by atoms with van der Waals surface area (Å²) in [5.41, 5.74) is 5.99. The molecule has 1 aromatic rings. The SMILES string of the molecule is Nc1cc(Br)c(CC(=O)O)cn1. The molecule has 0 aliphatic heterocycles. The van der Waals surface area contributed by atoms with Crippen LogP contribution in [-0.2, 0) is 11.2 Å². The predicted molar refractivity (Wildman–Crippen MR) is 47.7 cm³/mol. The first-order chi connectivity index (χ1) is 5.59. The van der Waals surface area contributed by atoms with Gasteiger partial charge in [-0.15, -0.1) is 0 Å². The van der Waals surface area contributed by atoms with Crippen molar-refractivity contribution in [3.8, 4) is 0 Å². The topological polar surface area (TPSA) is 76.2 Å². The summed E-state index contributed by atoms with van der Waals surface area (Å²) in [5, 5.41) is 8.48. The fraction of sp³-hybridized carbons (Fsp3) is 0.143. The zero-order chi connectivity index (χ0) is 9.14. The van der Waals surface area contributed by atoms with Crippen LogP contribution in [0.25, 0.3) is 0 Å². The molecule has 0 bridgehead atoms. The lowest BCUT2D eigenvalue weighted by atomic mass is 10.2. The molecule has 3 N–H and O–H groups in total. The van der Waals surface area contributed by atoms with Crippen molar-refractivity contribution in [1.29, 1.82) is 0 Å². The van der Waals surface area contributed by atoms with E-state index in [2.05, 4.69) is 20.9 Å². The summed E-state index contributed by atoms with van der Waals surface area (Å²) in [6.07, 6.45) is 1.40. The minimum Gasteiger partial charge on any atom is -0.481 e. The van der Waals surface area contributed by atoms with Gasteiger partial charge in [-0.3, -0.25) is 4.79 Å². The van der Waals surface area contributed by atoms with E-state index in [1.807, 2.05) is 0 Å². The third kappa shape index (κ3) is 2.20. The maximum absolute atomic E-state index is 10.3. The van der Waals surface area contributed by atoms with E-state index < -0.39 is 5.97 Å². The Balaban J connectivity index is 2.93. The summed E-state index contributed by atoms with van der Waals surface area (Å²) >= 11 is 3.19. The van der Waals surface area contributed by atoms with Gasteiger partial charge in [0.05, 0.1) is 6.42 Å². The van der Waals surface area contributed by atoms with E-state index >= 15 is 0 Å². The van der Waals surface area contributed by atoms with Crippen LogP contribution in [-0.4, -0.2) is 16.1 Å². The van der Waals surface area contributed by atoms with Crippen molar-refractivity contribution < 1.29 is 9.90 Å². The number of carbonyl (C=O) groups is 1. The van der Waals surface area contributed by atoms with Gasteiger partial charge in [-0.2, -0.15) is 0 Å². The molecule has 0 aliphatic carbocycles. The van der Waals surface area contributed by atoms with Gasteiger partial charge in [0.1, 0.15) is 5.82 Å². The molecule has 0 radical (unpaired) electrons. The lowest BCUT2D eigenvalue weighted by Crippen LogP contribution is -2.02. The van der Waals surface area contributed by atoms with E-state index in [1.54, 1.807) is 6.07 Å². The number of carboxylic acids is 1. The summed E-state index contributed by atoms with van der Waals surface area (Å²) in [5.74, 6) is -0.515. The summed E-state index contributed by atoms with van der Waals surface area (Å²) in [7, 11) is 0. The fourth-order valence-electron chi connectivity index (χ4n) is 0.767. The highest BCUT2D eigenvalue weighted by Crippen LogP contribution is 2.17. The van der Waals surface area contributed by atoms with Crippen LogP contribution in [0.1, 0.15) is 5.56 Å². The number of aromatic nitrogens is 1. The number of hydrogen-bond acceptors (Lipinski definition) is 3. The van der Waals surface area contributed by atoms with Gasteiger partial charge in [0.15, 0.2) is 0 Å². The molecule has 5 heteroatoms. The van der Waals surface area contributed by atoms with E-state index in [4.69, 9.17) is 10.8 Å². The molecule has 0 amide bonds. The van der Waals surface area contributed by atoms with Crippen LogP contribution in [0, 0.1) is 0 Å². The van der Waals surface area contributed by atoms with E-state index in [0.717, 1.165) is 0 Å². The van der Waals surface area contributed by atoms with Gasteiger partial charge in [0.25, 0.3) is 0 Å². The Morgan fingerprint density at radius 2 is 2.42 bits per heavy atom. The number of halogens is 1. The molecule has 0 saturated carbocycles. The second-order valence-corrected chi connectivity index (χ2v) is 3.13. The van der Waals surface area contributed by atoms with Crippen molar-refractivity contribution in [3.63, 3.8) is 0 Å². The van der Waals surface area contributed by atoms with E-state index in [-0.39, 0.29) is 6.42 Å². The zero-order valence-corrected chi connectivity index (χ0v) is 7.71. The van der Waals surface area contributed by atoms with Crippen LogP contribution < -0.4 is 5.73 Å². The standard InChI is InChI=1S/C7H7BrN2O2/c8-5-2-6(9)10-3-4(5)1-7(11)12/h2-3H,1H2,(H2,9,10)(H,11,12). The predicted octanol–water partition coefficient (Wildman–Crippen LogP) is 1.05. The second-order valence-electron chi connectivity index (χ2n) is 2.27. The Kier molecular flexibility index (Phi) is 2.65. The Hall–Kier alpha value is -1.10. The molecule has 0 unspecified atom stereocenters. The second kappa shape index (κ2) is 3.53. The highest BCUT2D eigenvalue weighted by molar-refractivity contribution is 9.10. The number of hydrogen-bond donors (Lipinski definition) is 2. The van der Waals surface area contributed by atoms with Gasteiger partial charge in [-0.1, -0.05) is 15.9 Å². The molecule has 0 fully saturated rings. The molecule has 1 rings (SSSR count). The summed E-state index contributed by atoms with van der Waals surface area (Å²) < 4.78 is 0.678. The first-order valence-electron chi connectivity index (χ1n) is 3.21. The molecule has 4 nitrogen and oxygen atoms in total. The fourth-order valence-corrected chi connectivity index (χ4v) is 1.24. The third-order valence-corrected chi connectivity index (χ3v) is 2.03. The van der Waals surface area contributed by atoms with Crippen LogP contribution >= 0.6 is 15.9 Å². The molecule has 0 saturated heterocycles. The maximum atomic E-state index is 10.3. The smallest absolute Gasteiger partial charge is 0.307 e. The monoisotopic (exact) mass is 230 g/mol. The molecular weight excluding hydrogens is 224 g/mol. The zero-order valence-electron chi connectivity index (χ0n) is 6.12. The normalized spacial score (nSPS) is 9.75. The van der Waals surface area contributed by atoms with Gasteiger partial charge in [-0.05, 0) is 11.6 Å². The summed E-state index contributed by atoms with van der Waals surface area (Å²) in [4.78, 5) is 14.1. The first-order valence-corrected chi connectivity index (χ1v) is 4.00. The van der Waals surface area contributed by atoms with Crippen LogP contribution in [0.2, 0.25) is 0 Å². The number of pyridine rings is 1. The van der Waals surface area contributed by atoms with Gasteiger partial charge in [-0.25, -0.2) is 4.98 Å². The highest BCUT2D eigenvalue weighted by Gasteiger charge is 2.05. The average molecular weight is 231 g/mol. The average Bonchev–Trinajstić information content (AvgIpc) is 1.94. The van der Waals surface area contributed by atoms with Gasteiger partial charge >= 0.3 is 5.97 Å². The molecule has 1 aromatic heterocycles. The van der Waals surface area contributed by atoms with E-state index in [9.17, 15) is 4.79 Å². The number of anilines is 1. The number of nitrogens with zero attached hydrogens (tertiary/aromatic N) is 1. The van der Waals surface area contributed by atoms with E-state index in [0.29, 0.717) is 15.9 Å². The Bertz CT molecular complexity index is 314. The van der Waals surface area contributed by atoms with E-state index in [1.165, 1.54) is 6.20 Å². The van der Waals surface area contributed by atoms with Crippen molar-refractivity contribution in [1.82, 2.24) is 4.98 Å². The molecule has 12 heavy (non-hydrogen) atoms. The number of rotatable bonds is 2. The van der Waals surface area contributed by atoms with Crippen molar-refractivity contribution in [2.45, 2.75) is 6.42 Å². The molecule has 64 valence electrons. The van der Waals surface area contributed by atoms with Crippen molar-refractivity contribution in [3.05, 3.63) is 22.3 Å². The van der Waals surface area contributed by atoms with Crippen LogP contribution in [0.4, 0.5) is 5.82 Å². The molecule has 0 aromatic carbocycles. The minimum atomic E-state index is -0.887. The highest BCUT2D eigenvalue weighted by atomic mass is 79.9. The molecule has 0 atom stereocenters. The first kappa shape index (κ1) is 8.99. The molecule has 0 aliphatic rings. The third-order valence-electron chi connectivity index (χ3n) is 1.29. The number of nitrogens with two attached hydrogens (primary N) is 1. The van der Waals surface area contributed by atoms with Crippen LogP contribution in [0.3, 0.4) is 0 Å². The maximum Gasteiger partial charge on any atom is 0.307 e. The van der Waals surface area contributed by atoms with Gasteiger partial charge < -0.3 is 10.8 Å². The molecule has 0 spiro atoms. The Morgan fingerprint density at radius 3 is 2.92 bits per heavy atom. The lowest BCUT2D eigenvalue weighted by Gasteiger charge is -2.00.